The molecule has 0 amide bonds. The minimum atomic E-state index is -0.0322. The second-order valence-corrected chi connectivity index (χ2v) is 12.8. The van der Waals surface area contributed by atoms with Crippen LogP contribution >= 0.6 is 0 Å². The molecule has 0 heteroatoms. The Kier molecular flexibility index (Phi) is 6.42. The summed E-state index contributed by atoms with van der Waals surface area (Å²) in [6.45, 7) is 9.40. The molecule has 0 nitrogen and oxygen atoms in total. The SMILES string of the molecule is C=C1Cc2ccc3ccccc3c2-c2cc(-c3ccc4c(c3)-c3ccccc3C4Cc3ccccc3)ccc2C1(CC)CC. The van der Waals surface area contributed by atoms with Gasteiger partial charge in [0.25, 0.3) is 0 Å². The van der Waals surface area contributed by atoms with E-state index in [1.54, 1.807) is 0 Å². The highest BCUT2D eigenvalue weighted by molar-refractivity contribution is 6.01. The Morgan fingerprint density at radius 2 is 1.32 bits per heavy atom. The smallest absolute Gasteiger partial charge is 0.0163 e. The van der Waals surface area contributed by atoms with Gasteiger partial charge >= 0.3 is 0 Å². The molecule has 0 saturated carbocycles. The molecule has 0 heterocycles. The van der Waals surface area contributed by atoms with Gasteiger partial charge in [-0.15, -0.1) is 0 Å². The largest absolute Gasteiger partial charge is 0.0986 e. The van der Waals surface area contributed by atoms with Gasteiger partial charge in [-0.3, -0.25) is 0 Å². The number of fused-ring (bicyclic) bond motifs is 8. The summed E-state index contributed by atoms with van der Waals surface area (Å²) >= 11 is 0. The van der Waals surface area contributed by atoms with Crippen LogP contribution in [0.15, 0.2) is 140 Å². The Morgan fingerprint density at radius 3 is 2.14 bits per heavy atom. The maximum absolute atomic E-state index is 4.73. The molecule has 2 aliphatic carbocycles. The van der Waals surface area contributed by atoms with Gasteiger partial charge in [0, 0.05) is 11.3 Å². The van der Waals surface area contributed by atoms with E-state index in [0.29, 0.717) is 5.92 Å². The van der Waals surface area contributed by atoms with Gasteiger partial charge in [-0.25, -0.2) is 0 Å². The quantitative estimate of drug-likeness (QED) is 0.182. The molecule has 1 atom stereocenters. The third kappa shape index (κ3) is 4.05. The lowest BCUT2D eigenvalue weighted by molar-refractivity contribution is 0.463. The third-order valence-corrected chi connectivity index (χ3v) is 10.8. The van der Waals surface area contributed by atoms with Crippen LogP contribution in [0, 0.1) is 0 Å². The molecule has 2 aliphatic rings. The molecule has 1 unspecified atom stereocenters. The number of benzene rings is 6. The predicted molar refractivity (Wildman–Crippen MR) is 187 cm³/mol. The van der Waals surface area contributed by atoms with Crippen molar-refractivity contribution in [1.29, 1.82) is 0 Å². The monoisotopic (exact) mass is 566 g/mol. The first kappa shape index (κ1) is 26.9. The van der Waals surface area contributed by atoms with Crippen molar-refractivity contribution in [2.24, 2.45) is 0 Å². The van der Waals surface area contributed by atoms with E-state index in [2.05, 4.69) is 141 Å². The van der Waals surface area contributed by atoms with E-state index in [4.69, 9.17) is 6.58 Å². The zero-order chi connectivity index (χ0) is 29.8. The standard InChI is InChI=1S/C44H38/c1-4-44(5-2)29(3)25-34-20-19-31-15-9-10-16-35(31)43(34)41-28-33(22-24-42(41)44)32-21-23-38-39(26-30-13-7-6-8-14-30)36-17-11-12-18-37(36)40(38)27-32/h6-24,27-28,39H,3-5,25-26H2,1-2H3. The van der Waals surface area contributed by atoms with Crippen molar-refractivity contribution in [2.75, 3.05) is 0 Å². The summed E-state index contributed by atoms with van der Waals surface area (Å²) in [5.41, 5.74) is 16.5. The van der Waals surface area contributed by atoms with Crippen LogP contribution in [0.1, 0.15) is 60.4 Å². The summed E-state index contributed by atoms with van der Waals surface area (Å²) in [4.78, 5) is 0. The zero-order valence-electron chi connectivity index (χ0n) is 25.7. The second-order valence-electron chi connectivity index (χ2n) is 12.8. The van der Waals surface area contributed by atoms with Gasteiger partial charge in [0.15, 0.2) is 0 Å². The molecule has 0 N–H and O–H groups in total. The normalized spacial score (nSPS) is 16.1. The van der Waals surface area contributed by atoms with Gasteiger partial charge in [0.1, 0.15) is 0 Å². The fraction of sp³-hybridized carbons (Fsp3) is 0.182. The zero-order valence-corrected chi connectivity index (χ0v) is 25.7. The lowest BCUT2D eigenvalue weighted by Gasteiger charge is -2.35. The molecule has 0 spiro atoms. The van der Waals surface area contributed by atoms with Gasteiger partial charge in [0.05, 0.1) is 0 Å². The van der Waals surface area contributed by atoms with Gasteiger partial charge in [-0.05, 0) is 110 Å². The molecule has 0 fully saturated rings. The Balaban J connectivity index is 1.31. The first-order valence-electron chi connectivity index (χ1n) is 16.2. The lowest BCUT2D eigenvalue weighted by Crippen LogP contribution is -2.27. The van der Waals surface area contributed by atoms with E-state index >= 15 is 0 Å². The van der Waals surface area contributed by atoms with E-state index in [1.807, 2.05) is 0 Å². The van der Waals surface area contributed by atoms with E-state index in [0.717, 1.165) is 25.7 Å². The first-order chi connectivity index (χ1) is 21.6. The number of hydrogen-bond donors (Lipinski definition) is 0. The number of allylic oxidation sites excluding steroid dienone is 1. The Bertz CT molecular complexity index is 2050. The molecule has 6 aromatic rings. The van der Waals surface area contributed by atoms with Crippen LogP contribution in [0.3, 0.4) is 0 Å². The van der Waals surface area contributed by atoms with Crippen LogP contribution in [0.5, 0.6) is 0 Å². The van der Waals surface area contributed by atoms with Gasteiger partial charge in [-0.1, -0.05) is 141 Å². The van der Waals surface area contributed by atoms with E-state index in [9.17, 15) is 0 Å². The maximum Gasteiger partial charge on any atom is 0.0163 e. The first-order valence-corrected chi connectivity index (χ1v) is 16.2. The topological polar surface area (TPSA) is 0 Å². The summed E-state index contributed by atoms with van der Waals surface area (Å²) in [5.74, 6) is 0.378. The molecular formula is C44H38. The van der Waals surface area contributed by atoms with Crippen molar-refractivity contribution in [2.45, 2.75) is 50.9 Å². The molecule has 0 bridgehead atoms. The Labute approximate surface area is 261 Å². The van der Waals surface area contributed by atoms with E-state index in [-0.39, 0.29) is 5.41 Å². The maximum atomic E-state index is 4.73. The minimum absolute atomic E-state index is 0.0322. The summed E-state index contributed by atoms with van der Waals surface area (Å²) in [5, 5.41) is 2.64. The average Bonchev–Trinajstić information content (AvgIpc) is 3.32. The van der Waals surface area contributed by atoms with Crippen LogP contribution in [-0.2, 0) is 18.3 Å². The highest BCUT2D eigenvalue weighted by Crippen LogP contribution is 2.52. The molecule has 0 radical (unpaired) electrons. The molecular weight excluding hydrogens is 528 g/mol. The average molecular weight is 567 g/mol. The summed E-state index contributed by atoms with van der Waals surface area (Å²) in [7, 11) is 0. The fourth-order valence-electron chi connectivity index (χ4n) is 8.41. The highest BCUT2D eigenvalue weighted by atomic mass is 14.4. The summed E-state index contributed by atoms with van der Waals surface area (Å²) in [6.07, 6.45) is 4.05. The van der Waals surface area contributed by atoms with Crippen molar-refractivity contribution < 1.29 is 0 Å². The molecule has 8 rings (SSSR count). The Morgan fingerprint density at radius 1 is 0.636 bits per heavy atom. The van der Waals surface area contributed by atoms with Crippen LogP contribution in [0.2, 0.25) is 0 Å². The molecule has 6 aromatic carbocycles. The molecule has 214 valence electrons. The molecule has 0 aliphatic heterocycles. The van der Waals surface area contributed by atoms with Crippen molar-refractivity contribution in [3.63, 3.8) is 0 Å². The van der Waals surface area contributed by atoms with E-state index < -0.39 is 0 Å². The van der Waals surface area contributed by atoms with Crippen LogP contribution < -0.4 is 0 Å². The van der Waals surface area contributed by atoms with Crippen LogP contribution in [-0.4, -0.2) is 0 Å². The van der Waals surface area contributed by atoms with Crippen molar-refractivity contribution in [1.82, 2.24) is 0 Å². The van der Waals surface area contributed by atoms with Gasteiger partial charge in [0.2, 0.25) is 0 Å². The number of hydrogen-bond acceptors (Lipinski definition) is 0. The number of rotatable bonds is 5. The van der Waals surface area contributed by atoms with Gasteiger partial charge in [-0.2, -0.15) is 0 Å². The van der Waals surface area contributed by atoms with E-state index in [1.165, 1.54) is 77.5 Å². The van der Waals surface area contributed by atoms with Crippen molar-refractivity contribution >= 4 is 10.8 Å². The van der Waals surface area contributed by atoms with Crippen LogP contribution in [0.4, 0.5) is 0 Å². The summed E-state index contributed by atoms with van der Waals surface area (Å²) in [6, 6.07) is 48.0. The highest BCUT2D eigenvalue weighted by Gasteiger charge is 2.37. The fourth-order valence-corrected chi connectivity index (χ4v) is 8.41. The molecule has 44 heavy (non-hydrogen) atoms. The van der Waals surface area contributed by atoms with Crippen molar-refractivity contribution in [3.8, 4) is 33.4 Å². The lowest BCUT2D eigenvalue weighted by atomic mass is 9.69. The van der Waals surface area contributed by atoms with Crippen molar-refractivity contribution in [3.05, 3.63) is 167 Å². The third-order valence-electron chi connectivity index (χ3n) is 10.8. The second kappa shape index (κ2) is 10.5. The molecule has 0 aromatic heterocycles. The predicted octanol–water partition coefficient (Wildman–Crippen LogP) is 11.7. The summed E-state index contributed by atoms with van der Waals surface area (Å²) < 4.78 is 0. The molecule has 0 saturated heterocycles. The van der Waals surface area contributed by atoms with Gasteiger partial charge < -0.3 is 0 Å². The Hall–Kier alpha value is -4.68. The van der Waals surface area contributed by atoms with Crippen LogP contribution in [0.25, 0.3) is 44.2 Å². The minimum Gasteiger partial charge on any atom is -0.0986 e.